The van der Waals surface area contributed by atoms with Crippen molar-refractivity contribution in [3.8, 4) is 0 Å². The molecule has 5 heteroatoms. The van der Waals surface area contributed by atoms with Gasteiger partial charge in [-0.15, -0.1) is 0 Å². The number of furan rings is 1. The summed E-state index contributed by atoms with van der Waals surface area (Å²) in [5.74, 6) is -0.447. The fraction of sp³-hybridized carbons (Fsp3) is 0.0625. The molecule has 106 valence electrons. The molecule has 0 aliphatic carbocycles. The van der Waals surface area contributed by atoms with Crippen LogP contribution in [-0.4, -0.2) is 13.0 Å². The van der Waals surface area contributed by atoms with E-state index in [1.807, 2.05) is 0 Å². The molecular formula is C16H13FN2O2. The van der Waals surface area contributed by atoms with Crippen LogP contribution in [0.1, 0.15) is 10.6 Å². The van der Waals surface area contributed by atoms with E-state index < -0.39 is 0 Å². The molecule has 0 bridgehead atoms. The van der Waals surface area contributed by atoms with Crippen LogP contribution in [0.25, 0.3) is 11.0 Å². The zero-order chi connectivity index (χ0) is 15.0. The molecule has 1 aromatic heterocycles. The van der Waals surface area contributed by atoms with Gasteiger partial charge in [0, 0.05) is 23.8 Å². The summed E-state index contributed by atoms with van der Waals surface area (Å²) in [7, 11) is 1.61. The van der Waals surface area contributed by atoms with E-state index in [-0.39, 0.29) is 17.5 Å². The maximum Gasteiger partial charge on any atom is 0.293 e. The third-order valence-electron chi connectivity index (χ3n) is 3.27. The molecule has 0 aliphatic rings. The van der Waals surface area contributed by atoms with Crippen molar-refractivity contribution in [2.24, 2.45) is 0 Å². The zero-order valence-corrected chi connectivity index (χ0v) is 11.3. The van der Waals surface area contributed by atoms with Gasteiger partial charge in [0.25, 0.3) is 5.91 Å². The van der Waals surface area contributed by atoms with Crippen LogP contribution >= 0.6 is 0 Å². The summed E-state index contributed by atoms with van der Waals surface area (Å²) in [4.78, 5) is 13.8. The first kappa shape index (κ1) is 13.2. The molecule has 0 atom stereocenters. The molecule has 2 aromatic carbocycles. The maximum atomic E-state index is 12.9. The van der Waals surface area contributed by atoms with E-state index in [4.69, 9.17) is 10.2 Å². The molecular weight excluding hydrogens is 271 g/mol. The number of carbonyl (C=O) groups excluding carboxylic acids is 1. The molecule has 0 radical (unpaired) electrons. The minimum Gasteiger partial charge on any atom is -0.451 e. The number of fused-ring (bicyclic) bond motifs is 1. The normalized spacial score (nSPS) is 10.8. The van der Waals surface area contributed by atoms with Crippen LogP contribution in [0.3, 0.4) is 0 Å². The first-order valence-corrected chi connectivity index (χ1v) is 6.37. The molecule has 0 spiro atoms. The number of carbonyl (C=O) groups is 1. The summed E-state index contributed by atoms with van der Waals surface area (Å²) in [5.41, 5.74) is 7.49. The monoisotopic (exact) mass is 284 g/mol. The van der Waals surface area contributed by atoms with Gasteiger partial charge in [-0.3, -0.25) is 4.79 Å². The molecule has 0 saturated heterocycles. The highest BCUT2D eigenvalue weighted by Crippen LogP contribution is 2.24. The number of benzene rings is 2. The van der Waals surface area contributed by atoms with Crippen LogP contribution in [0.4, 0.5) is 15.8 Å². The molecule has 3 aromatic rings. The van der Waals surface area contributed by atoms with Crippen molar-refractivity contribution in [1.82, 2.24) is 0 Å². The topological polar surface area (TPSA) is 59.5 Å². The summed E-state index contributed by atoms with van der Waals surface area (Å²) in [6, 6.07) is 12.5. The van der Waals surface area contributed by atoms with Crippen molar-refractivity contribution in [1.29, 1.82) is 0 Å². The average molecular weight is 284 g/mol. The molecule has 21 heavy (non-hydrogen) atoms. The molecule has 1 heterocycles. The highest BCUT2D eigenvalue weighted by Gasteiger charge is 2.18. The summed E-state index contributed by atoms with van der Waals surface area (Å²) in [6.45, 7) is 0. The van der Waals surface area contributed by atoms with Crippen molar-refractivity contribution in [3.05, 3.63) is 60.1 Å². The Balaban J connectivity index is 1.94. The standard InChI is InChI=1S/C16H13FN2O2/c1-19(13-5-2-11(17)3-6-13)16(20)15-9-10-8-12(18)4-7-14(10)21-15/h2-9H,18H2,1H3. The second-order valence-corrected chi connectivity index (χ2v) is 4.75. The molecule has 1 amide bonds. The lowest BCUT2D eigenvalue weighted by molar-refractivity contribution is 0.0968. The largest absolute Gasteiger partial charge is 0.451 e. The summed E-state index contributed by atoms with van der Waals surface area (Å²) in [5, 5.41) is 0.769. The Bertz CT molecular complexity index is 809. The molecule has 0 aliphatic heterocycles. The fourth-order valence-corrected chi connectivity index (χ4v) is 2.11. The molecule has 3 rings (SSSR count). The Morgan fingerprint density at radius 2 is 1.86 bits per heavy atom. The predicted molar refractivity (Wildman–Crippen MR) is 79.8 cm³/mol. The van der Waals surface area contributed by atoms with Gasteiger partial charge >= 0.3 is 0 Å². The molecule has 2 N–H and O–H groups in total. The van der Waals surface area contributed by atoms with Crippen LogP contribution in [0.15, 0.2) is 52.9 Å². The number of nitrogen functional groups attached to an aromatic ring is 1. The number of amides is 1. The van der Waals surface area contributed by atoms with E-state index in [2.05, 4.69) is 0 Å². The van der Waals surface area contributed by atoms with Crippen LogP contribution in [-0.2, 0) is 0 Å². The molecule has 0 saturated carbocycles. The van der Waals surface area contributed by atoms with Gasteiger partial charge in [-0.25, -0.2) is 4.39 Å². The fourth-order valence-electron chi connectivity index (χ4n) is 2.11. The van der Waals surface area contributed by atoms with Gasteiger partial charge in [-0.1, -0.05) is 0 Å². The van der Waals surface area contributed by atoms with E-state index in [1.165, 1.54) is 29.2 Å². The Kier molecular flexibility index (Phi) is 3.10. The minimum absolute atomic E-state index is 0.211. The van der Waals surface area contributed by atoms with Crippen molar-refractivity contribution < 1.29 is 13.6 Å². The molecule has 0 fully saturated rings. The van der Waals surface area contributed by atoms with E-state index in [0.717, 1.165) is 5.39 Å². The second-order valence-electron chi connectivity index (χ2n) is 4.75. The zero-order valence-electron chi connectivity index (χ0n) is 11.3. The summed E-state index contributed by atoms with van der Waals surface area (Å²) < 4.78 is 18.4. The van der Waals surface area contributed by atoms with Gasteiger partial charge in [0.15, 0.2) is 5.76 Å². The Morgan fingerprint density at radius 1 is 1.14 bits per heavy atom. The van der Waals surface area contributed by atoms with Crippen LogP contribution in [0.2, 0.25) is 0 Å². The van der Waals surface area contributed by atoms with Gasteiger partial charge in [-0.2, -0.15) is 0 Å². The number of hydrogen-bond acceptors (Lipinski definition) is 3. The lowest BCUT2D eigenvalue weighted by Crippen LogP contribution is -2.25. The molecule has 0 unspecified atom stereocenters. The van der Waals surface area contributed by atoms with Crippen molar-refractivity contribution in [2.75, 3.05) is 17.7 Å². The van der Waals surface area contributed by atoms with Gasteiger partial charge in [-0.05, 0) is 48.5 Å². The second kappa shape index (κ2) is 4.94. The quantitative estimate of drug-likeness (QED) is 0.733. The van der Waals surface area contributed by atoms with Crippen LogP contribution in [0, 0.1) is 5.82 Å². The number of nitrogens with zero attached hydrogens (tertiary/aromatic N) is 1. The molecule has 4 nitrogen and oxygen atoms in total. The Morgan fingerprint density at radius 3 is 2.57 bits per heavy atom. The lowest BCUT2D eigenvalue weighted by atomic mass is 10.2. The summed E-state index contributed by atoms with van der Waals surface area (Å²) >= 11 is 0. The van der Waals surface area contributed by atoms with Gasteiger partial charge in [0.05, 0.1) is 0 Å². The van der Waals surface area contributed by atoms with E-state index in [1.54, 1.807) is 31.3 Å². The van der Waals surface area contributed by atoms with E-state index in [0.29, 0.717) is 17.0 Å². The number of anilines is 2. The highest BCUT2D eigenvalue weighted by molar-refractivity contribution is 6.06. The van der Waals surface area contributed by atoms with Gasteiger partial charge < -0.3 is 15.1 Å². The third-order valence-corrected chi connectivity index (χ3v) is 3.27. The number of nitrogens with two attached hydrogens (primary N) is 1. The number of hydrogen-bond donors (Lipinski definition) is 1. The smallest absolute Gasteiger partial charge is 0.293 e. The van der Waals surface area contributed by atoms with Crippen LogP contribution in [0.5, 0.6) is 0 Å². The first-order valence-electron chi connectivity index (χ1n) is 6.37. The number of halogens is 1. The van der Waals surface area contributed by atoms with E-state index in [9.17, 15) is 9.18 Å². The average Bonchev–Trinajstić information content (AvgIpc) is 2.89. The van der Waals surface area contributed by atoms with Crippen molar-refractivity contribution in [3.63, 3.8) is 0 Å². The Hall–Kier alpha value is -2.82. The van der Waals surface area contributed by atoms with Gasteiger partial charge in [0.1, 0.15) is 11.4 Å². The van der Waals surface area contributed by atoms with E-state index >= 15 is 0 Å². The van der Waals surface area contributed by atoms with Crippen molar-refractivity contribution >= 4 is 28.3 Å². The van der Waals surface area contributed by atoms with Gasteiger partial charge in [0.2, 0.25) is 0 Å². The van der Waals surface area contributed by atoms with Crippen molar-refractivity contribution in [2.45, 2.75) is 0 Å². The first-order chi connectivity index (χ1) is 10.0. The predicted octanol–water partition coefficient (Wildman–Crippen LogP) is 3.43. The SMILES string of the molecule is CN(C(=O)c1cc2cc(N)ccc2o1)c1ccc(F)cc1. The lowest BCUT2D eigenvalue weighted by Gasteiger charge is -2.15. The third kappa shape index (κ3) is 2.45. The minimum atomic E-state index is -0.348. The maximum absolute atomic E-state index is 12.9. The number of rotatable bonds is 2. The Labute approximate surface area is 120 Å². The van der Waals surface area contributed by atoms with Crippen LogP contribution < -0.4 is 10.6 Å². The highest BCUT2D eigenvalue weighted by atomic mass is 19.1. The summed E-state index contributed by atoms with van der Waals surface area (Å²) in [6.07, 6.45) is 0.